The molecule has 3 rings (SSSR count). The van der Waals surface area contributed by atoms with Gasteiger partial charge in [0.2, 0.25) is 0 Å². The lowest BCUT2D eigenvalue weighted by atomic mass is 10.0. The van der Waals surface area contributed by atoms with E-state index in [1.807, 2.05) is 19.3 Å². The molecule has 98 valence electrons. The SMILES string of the molecule is Cn1cc(C2CC2)cc(-c2ccc(F)cc2Cl)c1=N. The average Bonchev–Trinajstić information content (AvgIpc) is 3.17. The molecule has 1 aliphatic carbocycles. The first kappa shape index (κ1) is 12.4. The summed E-state index contributed by atoms with van der Waals surface area (Å²) in [5.74, 6) is 0.243. The molecule has 0 bridgehead atoms. The highest BCUT2D eigenvalue weighted by Crippen LogP contribution is 2.40. The molecule has 0 radical (unpaired) electrons. The lowest BCUT2D eigenvalue weighted by molar-refractivity contribution is 0.628. The van der Waals surface area contributed by atoms with Gasteiger partial charge in [0, 0.05) is 24.4 Å². The van der Waals surface area contributed by atoms with Gasteiger partial charge < -0.3 is 4.57 Å². The zero-order valence-corrected chi connectivity index (χ0v) is 11.3. The van der Waals surface area contributed by atoms with Crippen LogP contribution in [0.5, 0.6) is 0 Å². The van der Waals surface area contributed by atoms with E-state index in [-0.39, 0.29) is 5.82 Å². The minimum atomic E-state index is -0.358. The van der Waals surface area contributed by atoms with Gasteiger partial charge in [-0.15, -0.1) is 0 Å². The molecular weight excluding hydrogens is 263 g/mol. The van der Waals surface area contributed by atoms with Gasteiger partial charge in [0.1, 0.15) is 11.3 Å². The third-order valence-electron chi connectivity index (χ3n) is 3.53. The van der Waals surface area contributed by atoms with Crippen molar-refractivity contribution in [2.75, 3.05) is 0 Å². The second-order valence-electron chi connectivity index (χ2n) is 5.05. The first-order valence-corrected chi connectivity index (χ1v) is 6.64. The van der Waals surface area contributed by atoms with E-state index in [1.165, 1.54) is 30.5 Å². The van der Waals surface area contributed by atoms with E-state index in [4.69, 9.17) is 17.0 Å². The summed E-state index contributed by atoms with van der Waals surface area (Å²) < 4.78 is 14.9. The van der Waals surface area contributed by atoms with Crippen molar-refractivity contribution in [3.63, 3.8) is 0 Å². The van der Waals surface area contributed by atoms with Crippen molar-refractivity contribution >= 4 is 11.6 Å². The standard InChI is InChI=1S/C15H14ClFN2/c1-19-8-10(9-2-3-9)6-13(15(19)18)12-5-4-11(17)7-14(12)16/h4-9,18H,2-3H2,1H3. The van der Waals surface area contributed by atoms with E-state index in [0.717, 1.165) is 5.56 Å². The van der Waals surface area contributed by atoms with Gasteiger partial charge in [0.25, 0.3) is 0 Å². The number of hydrogen-bond donors (Lipinski definition) is 1. The Morgan fingerprint density at radius 2 is 2.00 bits per heavy atom. The predicted octanol–water partition coefficient (Wildman–Crippen LogP) is 3.84. The number of pyridine rings is 1. The summed E-state index contributed by atoms with van der Waals surface area (Å²) in [6.07, 6.45) is 4.41. The lowest BCUT2D eigenvalue weighted by Crippen LogP contribution is -2.19. The summed E-state index contributed by atoms with van der Waals surface area (Å²) in [7, 11) is 1.86. The van der Waals surface area contributed by atoms with Gasteiger partial charge >= 0.3 is 0 Å². The fourth-order valence-corrected chi connectivity index (χ4v) is 2.57. The predicted molar refractivity (Wildman–Crippen MR) is 73.6 cm³/mol. The number of nitrogens with zero attached hydrogens (tertiary/aromatic N) is 1. The highest BCUT2D eigenvalue weighted by atomic mass is 35.5. The van der Waals surface area contributed by atoms with Crippen LogP contribution in [0.15, 0.2) is 30.5 Å². The molecule has 4 heteroatoms. The van der Waals surface area contributed by atoms with Gasteiger partial charge in [0.05, 0.1) is 5.02 Å². The molecule has 0 amide bonds. The Labute approximate surface area is 116 Å². The van der Waals surface area contributed by atoms with Crippen LogP contribution in [0.1, 0.15) is 24.3 Å². The van der Waals surface area contributed by atoms with Crippen molar-refractivity contribution < 1.29 is 4.39 Å². The Balaban J connectivity index is 2.20. The first-order valence-electron chi connectivity index (χ1n) is 6.27. The molecule has 1 aromatic carbocycles. The highest BCUT2D eigenvalue weighted by Gasteiger charge is 2.24. The number of nitrogens with one attached hydrogen (secondary N) is 1. The molecule has 1 fully saturated rings. The number of aromatic nitrogens is 1. The van der Waals surface area contributed by atoms with Gasteiger partial charge in [-0.2, -0.15) is 0 Å². The summed E-state index contributed by atoms with van der Waals surface area (Å²) in [6, 6.07) is 6.32. The highest BCUT2D eigenvalue weighted by molar-refractivity contribution is 6.33. The number of benzene rings is 1. The van der Waals surface area contributed by atoms with Gasteiger partial charge in [-0.05, 0) is 48.6 Å². The molecular formula is C15H14ClFN2. The van der Waals surface area contributed by atoms with Gasteiger partial charge in [-0.25, -0.2) is 4.39 Å². The summed E-state index contributed by atoms with van der Waals surface area (Å²) in [6.45, 7) is 0. The molecule has 0 atom stereocenters. The molecule has 1 N–H and O–H groups in total. The van der Waals surface area contributed by atoms with Crippen LogP contribution in [0.2, 0.25) is 5.02 Å². The summed E-state index contributed by atoms with van der Waals surface area (Å²) >= 11 is 6.10. The Morgan fingerprint density at radius 1 is 1.26 bits per heavy atom. The molecule has 0 aliphatic heterocycles. The topological polar surface area (TPSA) is 28.8 Å². The van der Waals surface area contributed by atoms with E-state index >= 15 is 0 Å². The van der Waals surface area contributed by atoms with E-state index in [2.05, 4.69) is 0 Å². The van der Waals surface area contributed by atoms with Crippen molar-refractivity contribution in [3.8, 4) is 11.1 Å². The molecule has 0 spiro atoms. The minimum absolute atomic E-state index is 0.349. The molecule has 1 saturated carbocycles. The summed E-state index contributed by atoms with van der Waals surface area (Å²) in [5, 5.41) is 8.50. The van der Waals surface area contributed by atoms with Crippen molar-refractivity contribution in [1.82, 2.24) is 4.57 Å². The van der Waals surface area contributed by atoms with Crippen LogP contribution in [-0.2, 0) is 7.05 Å². The molecule has 1 aliphatic rings. The van der Waals surface area contributed by atoms with Crippen LogP contribution in [-0.4, -0.2) is 4.57 Å². The van der Waals surface area contributed by atoms with Crippen molar-refractivity contribution in [3.05, 3.63) is 52.4 Å². The van der Waals surface area contributed by atoms with Crippen LogP contribution in [0, 0.1) is 11.2 Å². The molecule has 0 unspecified atom stereocenters. The minimum Gasteiger partial charge on any atom is -0.336 e. The van der Waals surface area contributed by atoms with Crippen LogP contribution in [0.3, 0.4) is 0 Å². The quantitative estimate of drug-likeness (QED) is 0.863. The fourth-order valence-electron chi connectivity index (χ4n) is 2.30. The van der Waals surface area contributed by atoms with Gasteiger partial charge in [-0.3, -0.25) is 5.41 Å². The van der Waals surface area contributed by atoms with Crippen LogP contribution in [0.25, 0.3) is 11.1 Å². The number of aryl methyl sites for hydroxylation is 1. The van der Waals surface area contributed by atoms with Crippen LogP contribution < -0.4 is 5.49 Å². The third-order valence-corrected chi connectivity index (χ3v) is 3.84. The van der Waals surface area contributed by atoms with Gasteiger partial charge in [0.15, 0.2) is 0 Å². The van der Waals surface area contributed by atoms with Crippen LogP contribution >= 0.6 is 11.6 Å². The Morgan fingerprint density at radius 3 is 2.63 bits per heavy atom. The Bertz CT molecular complexity index is 702. The number of rotatable bonds is 2. The number of hydrogen-bond acceptors (Lipinski definition) is 1. The second-order valence-corrected chi connectivity index (χ2v) is 5.45. The summed E-state index contributed by atoms with van der Waals surface area (Å²) in [4.78, 5) is 0. The molecule has 19 heavy (non-hydrogen) atoms. The normalized spacial score (nSPS) is 14.7. The largest absolute Gasteiger partial charge is 0.336 e. The fraction of sp³-hybridized carbons (Fsp3) is 0.267. The van der Waals surface area contributed by atoms with Crippen molar-refractivity contribution in [1.29, 1.82) is 5.41 Å². The zero-order chi connectivity index (χ0) is 13.6. The molecule has 2 aromatic rings. The molecule has 1 heterocycles. The van der Waals surface area contributed by atoms with E-state index < -0.39 is 0 Å². The third kappa shape index (κ3) is 2.30. The Hall–Kier alpha value is -1.61. The van der Waals surface area contributed by atoms with E-state index in [1.54, 1.807) is 10.6 Å². The lowest BCUT2D eigenvalue weighted by Gasteiger charge is -2.11. The molecule has 2 nitrogen and oxygen atoms in total. The van der Waals surface area contributed by atoms with Gasteiger partial charge in [-0.1, -0.05) is 11.6 Å². The van der Waals surface area contributed by atoms with Crippen molar-refractivity contribution in [2.24, 2.45) is 7.05 Å². The maximum Gasteiger partial charge on any atom is 0.132 e. The maximum absolute atomic E-state index is 13.1. The smallest absolute Gasteiger partial charge is 0.132 e. The molecule has 1 aromatic heterocycles. The van der Waals surface area contributed by atoms with E-state index in [9.17, 15) is 4.39 Å². The molecule has 0 saturated heterocycles. The van der Waals surface area contributed by atoms with Crippen LogP contribution in [0.4, 0.5) is 4.39 Å². The average molecular weight is 277 g/mol. The second kappa shape index (κ2) is 4.49. The van der Waals surface area contributed by atoms with E-state index in [0.29, 0.717) is 22.0 Å². The first-order chi connectivity index (χ1) is 9.06. The number of halogens is 2. The zero-order valence-electron chi connectivity index (χ0n) is 10.6. The summed E-state index contributed by atoms with van der Waals surface area (Å²) in [5.41, 5.74) is 3.09. The van der Waals surface area contributed by atoms with Crippen molar-refractivity contribution in [2.45, 2.75) is 18.8 Å². The monoisotopic (exact) mass is 276 g/mol. The maximum atomic E-state index is 13.1. The Kier molecular flexibility index (Phi) is 2.94.